The molecule has 1 amide bonds. The number of amides is 1. The molecule has 0 saturated carbocycles. The predicted octanol–water partition coefficient (Wildman–Crippen LogP) is 1.04. The van der Waals surface area contributed by atoms with Crippen LogP contribution in [0.15, 0.2) is 36.4 Å². The summed E-state index contributed by atoms with van der Waals surface area (Å²) in [7, 11) is 0. The number of benzene rings is 1. The third kappa shape index (κ3) is 2.78. The summed E-state index contributed by atoms with van der Waals surface area (Å²) >= 11 is 0. The third-order valence-corrected chi connectivity index (χ3v) is 4.18. The van der Waals surface area contributed by atoms with Gasteiger partial charge >= 0.3 is 0 Å². The zero-order valence-electron chi connectivity index (χ0n) is 13.3. The highest BCUT2D eigenvalue weighted by Gasteiger charge is 2.31. The lowest BCUT2D eigenvalue weighted by atomic mass is 10.1. The van der Waals surface area contributed by atoms with Crippen LogP contribution in [0.5, 0.6) is 0 Å². The Hall–Kier alpha value is -3.03. The van der Waals surface area contributed by atoms with Gasteiger partial charge in [0.2, 0.25) is 5.91 Å². The van der Waals surface area contributed by atoms with Crippen molar-refractivity contribution in [3.05, 3.63) is 47.5 Å². The van der Waals surface area contributed by atoms with Crippen molar-refractivity contribution in [2.24, 2.45) is 0 Å². The summed E-state index contributed by atoms with van der Waals surface area (Å²) in [6, 6.07) is 11.5. The molecule has 1 aliphatic heterocycles. The van der Waals surface area contributed by atoms with Gasteiger partial charge in [0.25, 0.3) is 0 Å². The van der Waals surface area contributed by atoms with Gasteiger partial charge in [-0.2, -0.15) is 0 Å². The number of fused-ring (bicyclic) bond motifs is 1. The standard InChI is InChI=1S/C16H17N7O/c1-11-2-4-12(5-3-11)10-22-9-8-13(16(22)24)17-14-6-7-15-18-20-21-23(15)19-14/h2-7,13H,8-10H2,1H3,(H,17,19). The van der Waals surface area contributed by atoms with Crippen LogP contribution in [0.4, 0.5) is 5.82 Å². The Balaban J connectivity index is 1.43. The molecule has 1 unspecified atom stereocenters. The van der Waals surface area contributed by atoms with Gasteiger partial charge in [-0.15, -0.1) is 14.8 Å². The van der Waals surface area contributed by atoms with Crippen LogP contribution in [-0.2, 0) is 11.3 Å². The number of likely N-dealkylation sites (tertiary alicyclic amines) is 1. The third-order valence-electron chi connectivity index (χ3n) is 4.18. The second-order valence-corrected chi connectivity index (χ2v) is 5.98. The number of rotatable bonds is 4. The highest BCUT2D eigenvalue weighted by Crippen LogP contribution is 2.18. The Bertz CT molecular complexity index is 874. The van der Waals surface area contributed by atoms with Crippen LogP contribution in [0.25, 0.3) is 5.65 Å². The lowest BCUT2D eigenvalue weighted by Crippen LogP contribution is -2.33. The maximum absolute atomic E-state index is 12.6. The largest absolute Gasteiger partial charge is 0.357 e. The van der Waals surface area contributed by atoms with Gasteiger partial charge in [0.05, 0.1) is 0 Å². The first kappa shape index (κ1) is 14.6. The van der Waals surface area contributed by atoms with E-state index in [-0.39, 0.29) is 11.9 Å². The molecule has 2 aromatic heterocycles. The molecule has 1 atom stereocenters. The monoisotopic (exact) mass is 323 g/mol. The van der Waals surface area contributed by atoms with E-state index in [4.69, 9.17) is 0 Å². The van der Waals surface area contributed by atoms with Gasteiger partial charge in [-0.05, 0) is 41.5 Å². The molecule has 1 aliphatic rings. The van der Waals surface area contributed by atoms with E-state index in [1.165, 1.54) is 10.2 Å². The minimum Gasteiger partial charge on any atom is -0.357 e. The quantitative estimate of drug-likeness (QED) is 0.772. The summed E-state index contributed by atoms with van der Waals surface area (Å²) in [5, 5.41) is 18.5. The molecular weight excluding hydrogens is 306 g/mol. The fourth-order valence-corrected chi connectivity index (χ4v) is 2.85. The first-order valence-corrected chi connectivity index (χ1v) is 7.85. The molecule has 1 saturated heterocycles. The lowest BCUT2D eigenvalue weighted by Gasteiger charge is -2.17. The average molecular weight is 323 g/mol. The number of tetrazole rings is 1. The summed E-state index contributed by atoms with van der Waals surface area (Å²) in [5.41, 5.74) is 2.93. The molecule has 24 heavy (non-hydrogen) atoms. The number of anilines is 1. The molecule has 1 aromatic carbocycles. The molecule has 122 valence electrons. The normalized spacial score (nSPS) is 17.6. The molecule has 8 nitrogen and oxygen atoms in total. The Morgan fingerprint density at radius 3 is 2.88 bits per heavy atom. The zero-order valence-corrected chi connectivity index (χ0v) is 13.3. The molecule has 1 N–H and O–H groups in total. The van der Waals surface area contributed by atoms with Crippen molar-refractivity contribution in [3.63, 3.8) is 0 Å². The van der Waals surface area contributed by atoms with Gasteiger partial charge in [-0.1, -0.05) is 29.8 Å². The predicted molar refractivity (Wildman–Crippen MR) is 87.2 cm³/mol. The van der Waals surface area contributed by atoms with Crippen LogP contribution in [0.1, 0.15) is 17.5 Å². The molecular formula is C16H17N7O. The van der Waals surface area contributed by atoms with E-state index in [1.54, 1.807) is 12.1 Å². The minimum absolute atomic E-state index is 0.0918. The average Bonchev–Trinajstić information content (AvgIpc) is 3.18. The Morgan fingerprint density at radius 2 is 2.04 bits per heavy atom. The van der Waals surface area contributed by atoms with Gasteiger partial charge in [-0.25, -0.2) is 0 Å². The van der Waals surface area contributed by atoms with Gasteiger partial charge in [0.15, 0.2) is 5.65 Å². The van der Waals surface area contributed by atoms with Crippen molar-refractivity contribution in [1.82, 2.24) is 30.2 Å². The summed E-state index contributed by atoms with van der Waals surface area (Å²) in [6.07, 6.45) is 0.750. The fraction of sp³-hybridized carbons (Fsp3) is 0.312. The maximum atomic E-state index is 12.6. The number of carbonyl (C=O) groups is 1. The summed E-state index contributed by atoms with van der Waals surface area (Å²) < 4.78 is 1.34. The number of nitrogens with zero attached hydrogens (tertiary/aromatic N) is 6. The van der Waals surface area contributed by atoms with Crippen molar-refractivity contribution < 1.29 is 4.79 Å². The first-order chi connectivity index (χ1) is 11.7. The molecule has 0 radical (unpaired) electrons. The van der Waals surface area contributed by atoms with E-state index >= 15 is 0 Å². The summed E-state index contributed by atoms with van der Waals surface area (Å²) in [4.78, 5) is 14.5. The smallest absolute Gasteiger partial charge is 0.245 e. The van der Waals surface area contributed by atoms with Crippen molar-refractivity contribution in [3.8, 4) is 0 Å². The molecule has 3 heterocycles. The zero-order chi connectivity index (χ0) is 16.5. The highest BCUT2D eigenvalue weighted by atomic mass is 16.2. The van der Waals surface area contributed by atoms with E-state index in [0.29, 0.717) is 18.0 Å². The molecule has 1 fully saturated rings. The van der Waals surface area contributed by atoms with Crippen LogP contribution >= 0.6 is 0 Å². The van der Waals surface area contributed by atoms with Crippen molar-refractivity contribution in [2.75, 3.05) is 11.9 Å². The maximum Gasteiger partial charge on any atom is 0.245 e. The summed E-state index contributed by atoms with van der Waals surface area (Å²) in [5.74, 6) is 0.680. The van der Waals surface area contributed by atoms with Gasteiger partial charge in [0, 0.05) is 13.1 Å². The van der Waals surface area contributed by atoms with Crippen LogP contribution in [0, 0.1) is 6.92 Å². The SMILES string of the molecule is Cc1ccc(CN2CCC(Nc3ccc4nnnn4n3)C2=O)cc1. The summed E-state index contributed by atoms with van der Waals surface area (Å²) in [6.45, 7) is 3.42. The minimum atomic E-state index is -0.267. The van der Waals surface area contributed by atoms with Crippen LogP contribution in [0.3, 0.4) is 0 Å². The first-order valence-electron chi connectivity index (χ1n) is 7.85. The molecule has 8 heteroatoms. The number of aryl methyl sites for hydroxylation is 1. The Morgan fingerprint density at radius 1 is 1.21 bits per heavy atom. The van der Waals surface area contributed by atoms with E-state index in [9.17, 15) is 4.79 Å². The van der Waals surface area contributed by atoms with Crippen LogP contribution in [0.2, 0.25) is 0 Å². The van der Waals surface area contributed by atoms with Crippen LogP contribution < -0.4 is 5.32 Å². The number of nitrogens with one attached hydrogen (secondary N) is 1. The van der Waals surface area contributed by atoms with Gasteiger partial charge in [0.1, 0.15) is 11.9 Å². The Kier molecular flexibility index (Phi) is 3.56. The molecule has 0 aliphatic carbocycles. The number of carbonyl (C=O) groups excluding carboxylic acids is 1. The van der Waals surface area contributed by atoms with Crippen molar-refractivity contribution in [1.29, 1.82) is 0 Å². The van der Waals surface area contributed by atoms with Gasteiger partial charge in [-0.3, -0.25) is 4.79 Å². The van der Waals surface area contributed by atoms with Crippen LogP contribution in [-0.4, -0.2) is 48.6 Å². The van der Waals surface area contributed by atoms with E-state index in [2.05, 4.69) is 57.1 Å². The fourth-order valence-electron chi connectivity index (χ4n) is 2.85. The van der Waals surface area contributed by atoms with Crippen molar-refractivity contribution in [2.45, 2.75) is 25.9 Å². The number of hydrogen-bond donors (Lipinski definition) is 1. The van der Waals surface area contributed by atoms with E-state index in [0.717, 1.165) is 18.5 Å². The molecule has 3 aromatic rings. The lowest BCUT2D eigenvalue weighted by molar-refractivity contribution is -0.128. The van der Waals surface area contributed by atoms with Gasteiger partial charge < -0.3 is 10.2 Å². The number of aromatic nitrogens is 5. The highest BCUT2D eigenvalue weighted by molar-refractivity contribution is 5.86. The number of hydrogen-bond acceptors (Lipinski definition) is 6. The second kappa shape index (κ2) is 5.88. The van der Waals surface area contributed by atoms with E-state index in [1.807, 2.05) is 4.90 Å². The van der Waals surface area contributed by atoms with Crippen molar-refractivity contribution >= 4 is 17.4 Å². The molecule has 4 rings (SSSR count). The Labute approximate surface area is 138 Å². The molecule has 0 spiro atoms. The van der Waals surface area contributed by atoms with E-state index < -0.39 is 0 Å². The second-order valence-electron chi connectivity index (χ2n) is 5.98. The topological polar surface area (TPSA) is 88.3 Å². The molecule has 0 bridgehead atoms.